The molecule has 0 saturated heterocycles. The molecule has 0 heterocycles. The van der Waals surface area contributed by atoms with Crippen molar-refractivity contribution in [2.75, 3.05) is 6.07 Å². The maximum absolute atomic E-state index is 11.8. The zero-order valence-corrected chi connectivity index (χ0v) is 11.2. The van der Waals surface area contributed by atoms with E-state index in [1.165, 1.54) is 0 Å². The number of hydrogen-bond donors (Lipinski definition) is 0. The number of rotatable bonds is 4. The van der Waals surface area contributed by atoms with E-state index in [9.17, 15) is 9.59 Å². The largest absolute Gasteiger partial charge is 0.460 e. The van der Waals surface area contributed by atoms with Crippen LogP contribution < -0.4 is 0 Å². The first-order valence-electron chi connectivity index (χ1n) is 5.03. The molecule has 5 heteroatoms. The molecule has 0 fully saturated rings. The second-order valence-electron chi connectivity index (χ2n) is 5.19. The van der Waals surface area contributed by atoms with Crippen molar-refractivity contribution in [1.82, 2.24) is 0 Å². The molecule has 0 saturated carbocycles. The fraction of sp³-hybridized carbons (Fsp3) is 0.818. The van der Waals surface area contributed by atoms with Crippen LogP contribution >= 0.6 is 11.6 Å². The van der Waals surface area contributed by atoms with E-state index in [1.54, 1.807) is 34.6 Å². The molecule has 4 nitrogen and oxygen atoms in total. The van der Waals surface area contributed by atoms with Crippen molar-refractivity contribution in [1.29, 1.82) is 0 Å². The molecular formula is C11H19ClO4. The van der Waals surface area contributed by atoms with E-state index >= 15 is 0 Å². The van der Waals surface area contributed by atoms with Crippen molar-refractivity contribution >= 4 is 23.5 Å². The first-order valence-corrected chi connectivity index (χ1v) is 5.57. The molecule has 0 atom stereocenters. The summed E-state index contributed by atoms with van der Waals surface area (Å²) in [6.45, 7) is 8.60. The molecule has 0 aliphatic rings. The molecule has 0 bridgehead atoms. The van der Waals surface area contributed by atoms with E-state index in [0.717, 1.165) is 0 Å². The third-order valence-electron chi connectivity index (χ3n) is 1.75. The maximum atomic E-state index is 11.8. The first-order chi connectivity index (χ1) is 7.08. The Morgan fingerprint density at radius 1 is 1.12 bits per heavy atom. The van der Waals surface area contributed by atoms with Crippen molar-refractivity contribution in [2.24, 2.45) is 5.41 Å². The van der Waals surface area contributed by atoms with Gasteiger partial charge in [0.25, 0.3) is 0 Å². The predicted octanol–water partition coefficient (Wildman–Crippen LogP) is 2.48. The van der Waals surface area contributed by atoms with Crippen LogP contribution in [-0.2, 0) is 19.1 Å². The molecule has 0 spiro atoms. The van der Waals surface area contributed by atoms with E-state index in [1.807, 2.05) is 0 Å². The number of carbonyl (C=O) groups excluding carboxylic acids is 2. The molecule has 0 N–H and O–H groups in total. The highest BCUT2D eigenvalue weighted by molar-refractivity contribution is 6.17. The van der Waals surface area contributed by atoms with Crippen molar-refractivity contribution in [2.45, 2.75) is 46.6 Å². The van der Waals surface area contributed by atoms with Gasteiger partial charge in [-0.15, -0.1) is 0 Å². The van der Waals surface area contributed by atoms with Gasteiger partial charge in [-0.2, -0.15) is 0 Å². The minimum absolute atomic E-state index is 0.0470. The van der Waals surface area contributed by atoms with Crippen LogP contribution in [-0.4, -0.2) is 23.6 Å². The molecule has 0 aliphatic carbocycles. The number of alkyl halides is 1. The van der Waals surface area contributed by atoms with Gasteiger partial charge in [0, 0.05) is 0 Å². The summed E-state index contributed by atoms with van der Waals surface area (Å²) in [4.78, 5) is 23.0. The Morgan fingerprint density at radius 3 is 2.00 bits per heavy atom. The summed E-state index contributed by atoms with van der Waals surface area (Å²) < 4.78 is 9.78. The Balaban J connectivity index is 4.42. The van der Waals surface area contributed by atoms with Crippen LogP contribution in [0.4, 0.5) is 0 Å². The Bertz CT molecular complexity index is 266. The third-order valence-corrected chi connectivity index (χ3v) is 1.86. The van der Waals surface area contributed by atoms with E-state index in [2.05, 4.69) is 4.74 Å². The molecule has 16 heavy (non-hydrogen) atoms. The summed E-state index contributed by atoms with van der Waals surface area (Å²) in [5.74, 6) is -0.933. The lowest BCUT2D eigenvalue weighted by Gasteiger charge is -2.27. The van der Waals surface area contributed by atoms with Gasteiger partial charge in [-0.3, -0.25) is 9.59 Å². The normalized spacial score (nSPS) is 12.1. The zero-order valence-electron chi connectivity index (χ0n) is 10.4. The number of esters is 2. The number of carbonyl (C=O) groups is 2. The molecule has 94 valence electrons. The van der Waals surface area contributed by atoms with Gasteiger partial charge in [-0.1, -0.05) is 11.6 Å². The van der Waals surface area contributed by atoms with Gasteiger partial charge in [-0.05, 0) is 34.6 Å². The van der Waals surface area contributed by atoms with Crippen molar-refractivity contribution < 1.29 is 19.1 Å². The monoisotopic (exact) mass is 250 g/mol. The molecule has 0 unspecified atom stereocenters. The standard InChI is InChI=1S/C11H19ClO4/c1-10(2,3)16-9(14)11(4,5)6-8(13)15-7-12/h6-7H2,1-5H3. The Kier molecular flexibility index (Phi) is 5.26. The lowest BCUT2D eigenvalue weighted by atomic mass is 9.89. The topological polar surface area (TPSA) is 52.6 Å². The molecule has 0 aromatic heterocycles. The maximum Gasteiger partial charge on any atom is 0.312 e. The van der Waals surface area contributed by atoms with Crippen LogP contribution in [0.2, 0.25) is 0 Å². The predicted molar refractivity (Wildman–Crippen MR) is 61.1 cm³/mol. The highest BCUT2D eigenvalue weighted by Crippen LogP contribution is 2.25. The average Bonchev–Trinajstić information content (AvgIpc) is 1.99. The van der Waals surface area contributed by atoms with Crippen LogP contribution in [0.1, 0.15) is 41.0 Å². The van der Waals surface area contributed by atoms with Gasteiger partial charge in [0.15, 0.2) is 6.07 Å². The van der Waals surface area contributed by atoms with Gasteiger partial charge in [0.1, 0.15) is 5.60 Å². The van der Waals surface area contributed by atoms with Gasteiger partial charge < -0.3 is 9.47 Å². The summed E-state index contributed by atoms with van der Waals surface area (Å²) >= 11 is 5.25. The second kappa shape index (κ2) is 5.53. The Labute approximate surface area is 101 Å². The summed E-state index contributed by atoms with van der Waals surface area (Å²) in [6, 6.07) is -0.205. The minimum atomic E-state index is -0.906. The SMILES string of the molecule is CC(C)(C)OC(=O)C(C)(C)CC(=O)OCCl. The van der Waals surface area contributed by atoms with E-state index in [0.29, 0.717) is 0 Å². The van der Waals surface area contributed by atoms with E-state index in [4.69, 9.17) is 16.3 Å². The Morgan fingerprint density at radius 2 is 1.62 bits per heavy atom. The lowest BCUT2D eigenvalue weighted by Crippen LogP contribution is -2.35. The van der Waals surface area contributed by atoms with Crippen LogP contribution in [0, 0.1) is 5.41 Å². The molecule has 0 aliphatic heterocycles. The average molecular weight is 251 g/mol. The van der Waals surface area contributed by atoms with Crippen molar-refractivity contribution in [3.8, 4) is 0 Å². The molecule has 0 radical (unpaired) electrons. The van der Waals surface area contributed by atoms with E-state index < -0.39 is 23.0 Å². The molecule has 0 aromatic rings. The second-order valence-corrected chi connectivity index (χ2v) is 5.41. The molecule has 0 rings (SSSR count). The summed E-state index contributed by atoms with van der Waals surface area (Å²) in [6.07, 6.45) is -0.0470. The molecule has 0 amide bonds. The first kappa shape index (κ1) is 15.2. The quantitative estimate of drug-likeness (QED) is 0.568. The van der Waals surface area contributed by atoms with Crippen LogP contribution in [0.25, 0.3) is 0 Å². The number of halogens is 1. The summed E-state index contributed by atoms with van der Waals surface area (Å²) in [5.41, 5.74) is -1.47. The van der Waals surface area contributed by atoms with E-state index in [-0.39, 0.29) is 12.5 Å². The van der Waals surface area contributed by atoms with Crippen molar-refractivity contribution in [3.63, 3.8) is 0 Å². The van der Waals surface area contributed by atoms with Gasteiger partial charge >= 0.3 is 11.9 Å². The smallest absolute Gasteiger partial charge is 0.312 e. The molecular weight excluding hydrogens is 232 g/mol. The summed E-state index contributed by atoms with van der Waals surface area (Å²) in [7, 11) is 0. The minimum Gasteiger partial charge on any atom is -0.460 e. The fourth-order valence-corrected chi connectivity index (χ4v) is 1.08. The molecule has 0 aromatic carbocycles. The van der Waals surface area contributed by atoms with Crippen LogP contribution in [0.3, 0.4) is 0 Å². The third kappa shape index (κ3) is 5.95. The summed E-state index contributed by atoms with van der Waals surface area (Å²) in [5, 5.41) is 0. The van der Waals surface area contributed by atoms with Gasteiger partial charge in [0.2, 0.25) is 0 Å². The lowest BCUT2D eigenvalue weighted by molar-refractivity contribution is -0.169. The van der Waals surface area contributed by atoms with Gasteiger partial charge in [-0.25, -0.2) is 0 Å². The number of hydrogen-bond acceptors (Lipinski definition) is 4. The highest BCUT2D eigenvalue weighted by Gasteiger charge is 2.35. The highest BCUT2D eigenvalue weighted by atomic mass is 35.5. The van der Waals surface area contributed by atoms with Crippen molar-refractivity contribution in [3.05, 3.63) is 0 Å². The van der Waals surface area contributed by atoms with Crippen LogP contribution in [0.15, 0.2) is 0 Å². The number of ether oxygens (including phenoxy) is 2. The Hall–Kier alpha value is -0.770. The fourth-order valence-electron chi connectivity index (χ4n) is 0.961. The zero-order chi connectivity index (χ0) is 13.0. The van der Waals surface area contributed by atoms with Gasteiger partial charge in [0.05, 0.1) is 11.8 Å². The van der Waals surface area contributed by atoms with Crippen LogP contribution in [0.5, 0.6) is 0 Å².